The van der Waals surface area contributed by atoms with E-state index in [1.54, 1.807) is 0 Å². The fourth-order valence-electron chi connectivity index (χ4n) is 4.17. The molecular formula is C20H31N5. The molecule has 2 aromatic heterocycles. The number of hydrogen-bond acceptors (Lipinski definition) is 4. The molecule has 136 valence electrons. The van der Waals surface area contributed by atoms with Gasteiger partial charge in [0.25, 0.3) is 0 Å². The maximum atomic E-state index is 5.82. The van der Waals surface area contributed by atoms with E-state index in [0.29, 0.717) is 23.9 Å². The second-order valence-corrected chi connectivity index (χ2v) is 7.44. The normalized spacial score (nSPS) is 19.6. The third-order valence-electron chi connectivity index (χ3n) is 5.32. The highest BCUT2D eigenvalue weighted by atomic mass is 15.0. The maximum Gasteiger partial charge on any atom is 0.110 e. The Balaban J connectivity index is 1.84. The average molecular weight is 342 g/mol. The van der Waals surface area contributed by atoms with Gasteiger partial charge in [0.1, 0.15) is 5.82 Å². The average Bonchev–Trinajstić information content (AvgIpc) is 3.13. The standard InChI is InChI=1S/C20H31N5/c1-14(2)18(20-23-12-13-24-20)16(9-4-10-21)25-17-8-3-6-15-7-5-11-22-19(15)17/h5,7,11-14,16-18,25H,3-4,6,8-10,21H2,1-2H3,(H,23,24). The van der Waals surface area contributed by atoms with E-state index < -0.39 is 0 Å². The van der Waals surface area contributed by atoms with E-state index >= 15 is 0 Å². The summed E-state index contributed by atoms with van der Waals surface area (Å²) >= 11 is 0. The van der Waals surface area contributed by atoms with Gasteiger partial charge in [-0.1, -0.05) is 19.9 Å². The lowest BCUT2D eigenvalue weighted by atomic mass is 9.83. The molecule has 0 aromatic carbocycles. The van der Waals surface area contributed by atoms with Crippen LogP contribution in [-0.4, -0.2) is 27.5 Å². The molecule has 25 heavy (non-hydrogen) atoms. The first-order chi connectivity index (χ1) is 12.2. The van der Waals surface area contributed by atoms with Gasteiger partial charge < -0.3 is 16.0 Å². The van der Waals surface area contributed by atoms with Crippen LogP contribution in [0.2, 0.25) is 0 Å². The van der Waals surface area contributed by atoms with Crippen LogP contribution in [0.25, 0.3) is 0 Å². The lowest BCUT2D eigenvalue weighted by molar-refractivity contribution is 0.285. The number of rotatable bonds is 8. The predicted molar refractivity (Wildman–Crippen MR) is 101 cm³/mol. The lowest BCUT2D eigenvalue weighted by Crippen LogP contribution is -2.41. The van der Waals surface area contributed by atoms with Crippen molar-refractivity contribution in [2.75, 3.05) is 6.54 Å². The van der Waals surface area contributed by atoms with Crippen molar-refractivity contribution in [3.8, 4) is 0 Å². The summed E-state index contributed by atoms with van der Waals surface area (Å²) in [6.07, 6.45) is 11.3. The van der Waals surface area contributed by atoms with E-state index in [2.05, 4.69) is 35.2 Å². The quantitative estimate of drug-likeness (QED) is 0.688. The number of aromatic amines is 1. The molecule has 0 saturated carbocycles. The molecule has 4 N–H and O–H groups in total. The van der Waals surface area contributed by atoms with Gasteiger partial charge in [-0.15, -0.1) is 0 Å². The van der Waals surface area contributed by atoms with Crippen molar-refractivity contribution in [2.24, 2.45) is 11.7 Å². The molecule has 0 aliphatic heterocycles. The van der Waals surface area contributed by atoms with Crippen molar-refractivity contribution in [1.82, 2.24) is 20.3 Å². The number of nitrogens with one attached hydrogen (secondary N) is 2. The Labute approximate surface area is 150 Å². The number of nitrogens with zero attached hydrogens (tertiary/aromatic N) is 2. The second-order valence-electron chi connectivity index (χ2n) is 7.44. The Bertz CT molecular complexity index is 637. The summed E-state index contributed by atoms with van der Waals surface area (Å²) < 4.78 is 0. The molecule has 0 amide bonds. The molecular weight excluding hydrogens is 310 g/mol. The first-order valence-electron chi connectivity index (χ1n) is 9.60. The van der Waals surface area contributed by atoms with Crippen LogP contribution in [0.15, 0.2) is 30.7 Å². The van der Waals surface area contributed by atoms with Gasteiger partial charge >= 0.3 is 0 Å². The first-order valence-corrected chi connectivity index (χ1v) is 9.60. The lowest BCUT2D eigenvalue weighted by Gasteiger charge is -2.35. The highest BCUT2D eigenvalue weighted by Gasteiger charge is 2.31. The number of nitrogens with two attached hydrogens (primary N) is 1. The summed E-state index contributed by atoms with van der Waals surface area (Å²) in [7, 11) is 0. The van der Waals surface area contributed by atoms with Gasteiger partial charge in [0.2, 0.25) is 0 Å². The molecule has 0 radical (unpaired) electrons. The summed E-state index contributed by atoms with van der Waals surface area (Å²) in [6, 6.07) is 4.93. The highest BCUT2D eigenvalue weighted by Crippen LogP contribution is 2.33. The number of pyridine rings is 1. The highest BCUT2D eigenvalue weighted by molar-refractivity contribution is 5.25. The van der Waals surface area contributed by atoms with Gasteiger partial charge in [-0.25, -0.2) is 4.98 Å². The van der Waals surface area contributed by atoms with E-state index in [0.717, 1.165) is 38.1 Å². The second kappa shape index (κ2) is 8.59. The number of fused-ring (bicyclic) bond motifs is 1. The summed E-state index contributed by atoms with van der Waals surface area (Å²) in [5.74, 6) is 1.91. The fraction of sp³-hybridized carbons (Fsp3) is 0.600. The monoisotopic (exact) mass is 341 g/mol. The smallest absolute Gasteiger partial charge is 0.110 e. The molecule has 1 aliphatic carbocycles. The molecule has 5 heteroatoms. The molecule has 0 saturated heterocycles. The van der Waals surface area contributed by atoms with Crippen molar-refractivity contribution in [2.45, 2.75) is 64.0 Å². The molecule has 3 unspecified atom stereocenters. The molecule has 2 aromatic rings. The van der Waals surface area contributed by atoms with Crippen molar-refractivity contribution in [3.63, 3.8) is 0 Å². The van der Waals surface area contributed by atoms with Crippen LogP contribution in [0, 0.1) is 5.92 Å². The minimum absolute atomic E-state index is 0.323. The Morgan fingerprint density at radius 2 is 2.20 bits per heavy atom. The Hall–Kier alpha value is -1.72. The molecule has 1 aliphatic rings. The predicted octanol–water partition coefficient (Wildman–Crippen LogP) is 3.32. The van der Waals surface area contributed by atoms with Gasteiger partial charge in [-0.3, -0.25) is 4.98 Å². The molecule has 0 spiro atoms. The van der Waals surface area contributed by atoms with Gasteiger partial charge in [0, 0.05) is 36.6 Å². The number of aryl methyl sites for hydroxylation is 1. The summed E-state index contributed by atoms with van der Waals surface area (Å²) in [5.41, 5.74) is 8.44. The zero-order chi connectivity index (χ0) is 17.6. The minimum atomic E-state index is 0.323. The maximum absolute atomic E-state index is 5.82. The van der Waals surface area contributed by atoms with Crippen molar-refractivity contribution in [3.05, 3.63) is 47.8 Å². The molecule has 0 bridgehead atoms. The van der Waals surface area contributed by atoms with Gasteiger partial charge in [-0.2, -0.15) is 0 Å². The van der Waals surface area contributed by atoms with Crippen LogP contribution >= 0.6 is 0 Å². The van der Waals surface area contributed by atoms with Crippen LogP contribution in [0.1, 0.15) is 68.6 Å². The first kappa shape index (κ1) is 18.1. The van der Waals surface area contributed by atoms with Gasteiger partial charge in [0.05, 0.1) is 5.69 Å². The summed E-state index contributed by atoms with van der Waals surface area (Å²) in [5, 5.41) is 3.94. The topological polar surface area (TPSA) is 79.6 Å². The van der Waals surface area contributed by atoms with E-state index in [9.17, 15) is 0 Å². The number of hydrogen-bond donors (Lipinski definition) is 3. The molecule has 5 nitrogen and oxygen atoms in total. The van der Waals surface area contributed by atoms with E-state index in [4.69, 9.17) is 10.7 Å². The zero-order valence-electron chi connectivity index (χ0n) is 15.4. The van der Waals surface area contributed by atoms with Gasteiger partial charge in [-0.05, 0) is 56.2 Å². The van der Waals surface area contributed by atoms with Crippen molar-refractivity contribution in [1.29, 1.82) is 0 Å². The van der Waals surface area contributed by atoms with Crippen molar-refractivity contribution >= 4 is 0 Å². The number of aromatic nitrogens is 3. The van der Waals surface area contributed by atoms with Crippen LogP contribution < -0.4 is 11.1 Å². The molecule has 0 fully saturated rings. The largest absolute Gasteiger partial charge is 0.348 e. The summed E-state index contributed by atoms with van der Waals surface area (Å²) in [4.78, 5) is 12.6. The fourth-order valence-corrected chi connectivity index (χ4v) is 4.17. The summed E-state index contributed by atoms with van der Waals surface area (Å²) in [6.45, 7) is 5.27. The number of H-pyrrole nitrogens is 1. The van der Waals surface area contributed by atoms with Crippen LogP contribution in [0.5, 0.6) is 0 Å². The zero-order valence-corrected chi connectivity index (χ0v) is 15.4. The Kier molecular flexibility index (Phi) is 6.21. The van der Waals surface area contributed by atoms with Crippen molar-refractivity contribution < 1.29 is 0 Å². The molecule has 2 heterocycles. The van der Waals surface area contributed by atoms with Crippen LogP contribution in [0.4, 0.5) is 0 Å². The SMILES string of the molecule is CC(C)C(c1ncc[nH]1)C(CCCN)NC1CCCc2cccnc21. The van der Waals surface area contributed by atoms with E-state index in [-0.39, 0.29) is 0 Å². The van der Waals surface area contributed by atoms with E-state index in [1.807, 2.05) is 24.7 Å². The van der Waals surface area contributed by atoms with Crippen LogP contribution in [0.3, 0.4) is 0 Å². The van der Waals surface area contributed by atoms with Gasteiger partial charge in [0.15, 0.2) is 0 Å². The minimum Gasteiger partial charge on any atom is -0.348 e. The number of imidazole rings is 1. The molecule has 3 atom stereocenters. The third-order valence-corrected chi connectivity index (χ3v) is 5.32. The van der Waals surface area contributed by atoms with E-state index in [1.165, 1.54) is 17.7 Å². The molecule has 3 rings (SSSR count). The Morgan fingerprint density at radius 3 is 2.92 bits per heavy atom. The third kappa shape index (κ3) is 4.28. The Morgan fingerprint density at radius 1 is 1.32 bits per heavy atom. The van der Waals surface area contributed by atoms with Crippen LogP contribution in [-0.2, 0) is 6.42 Å².